The average Bonchev–Trinajstić information content (AvgIpc) is 2.68. The van der Waals surface area contributed by atoms with Gasteiger partial charge in [0.1, 0.15) is 5.58 Å². The van der Waals surface area contributed by atoms with Crippen molar-refractivity contribution in [3.8, 4) is 11.1 Å². The zero-order chi connectivity index (χ0) is 19.0. The molecule has 4 rings (SSSR count). The molecule has 0 N–H and O–H groups in total. The van der Waals surface area contributed by atoms with E-state index in [9.17, 15) is 13.2 Å². The van der Waals surface area contributed by atoms with Crippen LogP contribution in [0.25, 0.3) is 22.1 Å². The Morgan fingerprint density at radius 2 is 1.41 bits per heavy atom. The number of rotatable bonds is 3. The van der Waals surface area contributed by atoms with Gasteiger partial charge in [0, 0.05) is 16.0 Å². The molecule has 134 valence electrons. The van der Waals surface area contributed by atoms with Gasteiger partial charge >= 0.3 is 5.63 Å². The van der Waals surface area contributed by atoms with Gasteiger partial charge in [-0.05, 0) is 35.9 Å². The van der Waals surface area contributed by atoms with Crippen molar-refractivity contribution in [3.05, 3.63) is 94.3 Å². The van der Waals surface area contributed by atoms with Gasteiger partial charge in [0.15, 0.2) is 4.90 Å². The molecule has 4 aromatic rings. The van der Waals surface area contributed by atoms with Crippen LogP contribution in [-0.2, 0) is 9.84 Å². The second-order valence-electron chi connectivity index (χ2n) is 5.91. The van der Waals surface area contributed by atoms with Crippen LogP contribution in [0.1, 0.15) is 0 Å². The molecule has 3 aromatic carbocycles. The van der Waals surface area contributed by atoms with Crippen molar-refractivity contribution in [2.45, 2.75) is 9.79 Å². The number of para-hydroxylation sites is 1. The van der Waals surface area contributed by atoms with E-state index in [1.165, 1.54) is 12.1 Å². The molecule has 0 fully saturated rings. The second-order valence-corrected chi connectivity index (χ2v) is 8.24. The van der Waals surface area contributed by atoms with Crippen molar-refractivity contribution in [1.82, 2.24) is 0 Å². The van der Waals surface area contributed by atoms with Crippen molar-refractivity contribution in [1.29, 1.82) is 0 Å². The molecule has 0 aliphatic heterocycles. The van der Waals surface area contributed by atoms with Gasteiger partial charge < -0.3 is 4.42 Å². The Hall–Kier alpha value is -2.89. The van der Waals surface area contributed by atoms with Crippen molar-refractivity contribution in [2.75, 3.05) is 0 Å². The summed E-state index contributed by atoms with van der Waals surface area (Å²) in [4.78, 5) is 12.4. The smallest absolute Gasteiger partial charge is 0.356 e. The predicted octanol–water partition coefficient (Wildman–Crippen LogP) is 4.95. The first-order chi connectivity index (χ1) is 13.0. The van der Waals surface area contributed by atoms with Crippen LogP contribution < -0.4 is 5.63 Å². The van der Waals surface area contributed by atoms with Crippen molar-refractivity contribution in [2.24, 2.45) is 0 Å². The van der Waals surface area contributed by atoms with Gasteiger partial charge in [-0.2, -0.15) is 0 Å². The molecule has 27 heavy (non-hydrogen) atoms. The molecule has 0 atom stereocenters. The van der Waals surface area contributed by atoms with E-state index >= 15 is 0 Å². The summed E-state index contributed by atoms with van der Waals surface area (Å²) in [5, 5.41) is 1.05. The Balaban J connectivity index is 2.15. The molecule has 0 saturated carbocycles. The lowest BCUT2D eigenvalue weighted by atomic mass is 10.0. The van der Waals surface area contributed by atoms with Crippen LogP contribution in [0, 0.1) is 0 Å². The van der Waals surface area contributed by atoms with Gasteiger partial charge in [0.05, 0.1) is 4.90 Å². The zero-order valence-corrected chi connectivity index (χ0v) is 15.5. The first kappa shape index (κ1) is 17.5. The van der Waals surface area contributed by atoms with Crippen molar-refractivity contribution < 1.29 is 12.8 Å². The first-order valence-corrected chi connectivity index (χ1v) is 9.96. The highest BCUT2D eigenvalue weighted by molar-refractivity contribution is 7.91. The number of benzene rings is 3. The van der Waals surface area contributed by atoms with Crippen LogP contribution in [0.2, 0.25) is 5.02 Å². The Morgan fingerprint density at radius 3 is 2.11 bits per heavy atom. The molecule has 0 radical (unpaired) electrons. The lowest BCUT2D eigenvalue weighted by Crippen LogP contribution is -2.16. The Kier molecular flexibility index (Phi) is 4.34. The van der Waals surface area contributed by atoms with Gasteiger partial charge in [0.2, 0.25) is 9.84 Å². The third-order valence-electron chi connectivity index (χ3n) is 4.23. The fourth-order valence-corrected chi connectivity index (χ4v) is 4.63. The molecule has 1 aromatic heterocycles. The van der Waals surface area contributed by atoms with E-state index in [0.717, 1.165) is 0 Å². The van der Waals surface area contributed by atoms with E-state index in [2.05, 4.69) is 0 Å². The Morgan fingerprint density at radius 1 is 0.778 bits per heavy atom. The molecule has 0 amide bonds. The van der Waals surface area contributed by atoms with Crippen LogP contribution in [0.4, 0.5) is 0 Å². The minimum Gasteiger partial charge on any atom is -0.422 e. The normalized spacial score (nSPS) is 11.6. The highest BCUT2D eigenvalue weighted by Gasteiger charge is 2.29. The predicted molar refractivity (Wildman–Crippen MR) is 105 cm³/mol. The van der Waals surface area contributed by atoms with Crippen LogP contribution in [0.15, 0.2) is 97.9 Å². The van der Waals surface area contributed by atoms with Gasteiger partial charge in [-0.25, -0.2) is 13.2 Å². The third kappa shape index (κ3) is 3.05. The Bertz CT molecular complexity index is 1290. The molecule has 6 heteroatoms. The summed E-state index contributed by atoms with van der Waals surface area (Å²) >= 11 is 5.98. The summed E-state index contributed by atoms with van der Waals surface area (Å²) in [6, 6.07) is 21.4. The molecule has 1 heterocycles. The standard InChI is InChI=1S/C21H13ClO4S/c22-15-12-10-14(11-13-15)19-17-8-4-5-9-18(17)26-21(23)20(19)27(24,25)16-6-2-1-3-7-16/h1-13H. The fourth-order valence-electron chi connectivity index (χ4n) is 3.00. The van der Waals surface area contributed by atoms with Gasteiger partial charge in [-0.1, -0.05) is 60.1 Å². The monoisotopic (exact) mass is 396 g/mol. The number of hydrogen-bond acceptors (Lipinski definition) is 4. The van der Waals surface area contributed by atoms with Gasteiger partial charge in [-0.3, -0.25) is 0 Å². The third-order valence-corrected chi connectivity index (χ3v) is 6.28. The summed E-state index contributed by atoms with van der Waals surface area (Å²) < 4.78 is 31.9. The van der Waals surface area contributed by atoms with Crippen LogP contribution in [0.3, 0.4) is 0 Å². The summed E-state index contributed by atoms with van der Waals surface area (Å²) in [6.45, 7) is 0. The van der Waals surface area contributed by atoms with Crippen molar-refractivity contribution in [3.63, 3.8) is 0 Å². The highest BCUT2D eigenvalue weighted by Crippen LogP contribution is 2.35. The minimum atomic E-state index is -4.09. The Labute approximate surface area is 160 Å². The van der Waals surface area contributed by atoms with Crippen molar-refractivity contribution >= 4 is 32.4 Å². The molecular formula is C21H13ClO4S. The quantitative estimate of drug-likeness (QED) is 0.460. The maximum atomic E-state index is 13.3. The number of hydrogen-bond donors (Lipinski definition) is 0. The molecular weight excluding hydrogens is 384 g/mol. The van der Waals surface area contributed by atoms with Gasteiger partial charge in [-0.15, -0.1) is 0 Å². The molecule has 0 aliphatic rings. The topological polar surface area (TPSA) is 64.3 Å². The summed E-state index contributed by atoms with van der Waals surface area (Å²) in [5.74, 6) is 0. The van der Waals surface area contributed by atoms with Crippen LogP contribution in [0.5, 0.6) is 0 Å². The maximum Gasteiger partial charge on any atom is 0.356 e. The molecule has 0 unspecified atom stereocenters. The summed E-state index contributed by atoms with van der Waals surface area (Å²) in [5.41, 5.74) is 0.294. The van der Waals surface area contributed by atoms with E-state index in [0.29, 0.717) is 27.1 Å². The summed E-state index contributed by atoms with van der Waals surface area (Å²) in [6.07, 6.45) is 0. The average molecular weight is 397 g/mol. The van der Waals surface area contributed by atoms with E-state index in [1.54, 1.807) is 66.7 Å². The van der Waals surface area contributed by atoms with E-state index in [1.807, 2.05) is 0 Å². The number of halogens is 1. The lowest BCUT2D eigenvalue weighted by molar-refractivity contribution is 0.533. The maximum absolute atomic E-state index is 13.3. The molecule has 4 nitrogen and oxygen atoms in total. The second kappa shape index (κ2) is 6.68. The SMILES string of the molecule is O=c1oc2ccccc2c(-c2ccc(Cl)cc2)c1S(=O)(=O)c1ccccc1. The van der Waals surface area contributed by atoms with Crippen LogP contribution in [-0.4, -0.2) is 8.42 Å². The molecule has 0 saturated heterocycles. The lowest BCUT2D eigenvalue weighted by Gasteiger charge is -2.12. The largest absolute Gasteiger partial charge is 0.422 e. The van der Waals surface area contributed by atoms with E-state index < -0.39 is 15.5 Å². The molecule has 0 spiro atoms. The summed E-state index contributed by atoms with van der Waals surface area (Å²) in [7, 11) is -4.09. The van der Waals surface area contributed by atoms with Crippen LogP contribution >= 0.6 is 11.6 Å². The first-order valence-electron chi connectivity index (χ1n) is 8.10. The van der Waals surface area contributed by atoms with Gasteiger partial charge in [0.25, 0.3) is 0 Å². The molecule has 0 aliphatic carbocycles. The number of fused-ring (bicyclic) bond motifs is 1. The highest BCUT2D eigenvalue weighted by atomic mass is 35.5. The van der Waals surface area contributed by atoms with E-state index in [-0.39, 0.29) is 9.79 Å². The molecule has 0 bridgehead atoms. The minimum absolute atomic E-state index is 0.0304. The van der Waals surface area contributed by atoms with E-state index in [4.69, 9.17) is 16.0 Å². The fraction of sp³-hybridized carbons (Fsp3) is 0. The number of sulfone groups is 1. The zero-order valence-electron chi connectivity index (χ0n) is 13.9.